The van der Waals surface area contributed by atoms with Crippen molar-refractivity contribution in [2.45, 2.75) is 31.6 Å². The smallest absolute Gasteiger partial charge is 0.304 e. The zero-order valence-corrected chi connectivity index (χ0v) is 8.96. The van der Waals surface area contributed by atoms with E-state index in [1.165, 1.54) is 6.07 Å². The monoisotopic (exact) mass is 224 g/mol. The minimum atomic E-state index is -0.862. The van der Waals surface area contributed by atoms with E-state index in [9.17, 15) is 14.3 Å². The predicted molar refractivity (Wildman–Crippen MR) is 56.0 cm³/mol. The quantitative estimate of drug-likeness (QED) is 0.828. The van der Waals surface area contributed by atoms with Crippen molar-refractivity contribution in [3.05, 3.63) is 29.1 Å². The fourth-order valence-electron chi connectivity index (χ4n) is 2.07. The first kappa shape index (κ1) is 10.9. The number of aromatic hydroxyl groups is 1. The van der Waals surface area contributed by atoms with E-state index in [0.717, 1.165) is 18.4 Å². The van der Waals surface area contributed by atoms with Crippen LogP contribution in [0.3, 0.4) is 0 Å². The van der Waals surface area contributed by atoms with E-state index in [1.54, 1.807) is 13.0 Å². The van der Waals surface area contributed by atoms with Gasteiger partial charge in [-0.3, -0.25) is 4.79 Å². The van der Waals surface area contributed by atoms with Crippen molar-refractivity contribution in [1.82, 2.24) is 0 Å². The van der Waals surface area contributed by atoms with Crippen molar-refractivity contribution in [2.75, 3.05) is 0 Å². The lowest BCUT2D eigenvalue weighted by Crippen LogP contribution is -2.13. The molecule has 0 radical (unpaired) electrons. The summed E-state index contributed by atoms with van der Waals surface area (Å²) in [6.45, 7) is 1.56. The first-order valence-electron chi connectivity index (χ1n) is 5.16. The van der Waals surface area contributed by atoms with Gasteiger partial charge in [0.15, 0.2) is 11.6 Å². The van der Waals surface area contributed by atoms with E-state index in [1.807, 2.05) is 0 Å². The standard InChI is InChI=1S/C12H13FO3/c1-7-4-8(5-9(14)11(7)13)12(2-3-12)6-10(15)16/h4-5,14H,2-3,6H2,1H3,(H,15,16). The van der Waals surface area contributed by atoms with Gasteiger partial charge in [0, 0.05) is 5.41 Å². The van der Waals surface area contributed by atoms with Crippen molar-refractivity contribution in [2.24, 2.45) is 0 Å². The van der Waals surface area contributed by atoms with Crippen LogP contribution in [-0.4, -0.2) is 16.2 Å². The normalized spacial score (nSPS) is 17.1. The highest BCUT2D eigenvalue weighted by molar-refractivity contribution is 5.70. The average molecular weight is 224 g/mol. The van der Waals surface area contributed by atoms with Crippen LogP contribution in [0.2, 0.25) is 0 Å². The van der Waals surface area contributed by atoms with E-state index >= 15 is 0 Å². The summed E-state index contributed by atoms with van der Waals surface area (Å²) in [6, 6.07) is 2.98. The lowest BCUT2D eigenvalue weighted by Gasteiger charge is -2.14. The number of phenols is 1. The van der Waals surface area contributed by atoms with Gasteiger partial charge in [-0.15, -0.1) is 0 Å². The van der Waals surface area contributed by atoms with Crippen molar-refractivity contribution in [1.29, 1.82) is 0 Å². The first-order chi connectivity index (χ1) is 7.44. The summed E-state index contributed by atoms with van der Waals surface area (Å²) in [5, 5.41) is 18.2. The molecular formula is C12H13FO3. The van der Waals surface area contributed by atoms with E-state index in [2.05, 4.69) is 0 Å². The lowest BCUT2D eigenvalue weighted by atomic mass is 9.91. The van der Waals surface area contributed by atoms with Crippen LogP contribution in [0.25, 0.3) is 0 Å². The molecule has 0 spiro atoms. The maximum Gasteiger partial charge on any atom is 0.304 e. The Balaban J connectivity index is 2.38. The summed E-state index contributed by atoms with van der Waals surface area (Å²) in [5.74, 6) is -1.89. The molecule has 3 nitrogen and oxygen atoms in total. The molecule has 1 aromatic rings. The average Bonchev–Trinajstić information content (AvgIpc) is 2.93. The molecule has 1 saturated carbocycles. The van der Waals surface area contributed by atoms with E-state index in [4.69, 9.17) is 5.11 Å². The zero-order valence-electron chi connectivity index (χ0n) is 8.96. The van der Waals surface area contributed by atoms with Crippen LogP contribution in [0.15, 0.2) is 12.1 Å². The van der Waals surface area contributed by atoms with Gasteiger partial charge in [-0.2, -0.15) is 0 Å². The predicted octanol–water partition coefficient (Wildman–Crippen LogP) is 2.35. The van der Waals surface area contributed by atoms with Crippen molar-refractivity contribution in [3.63, 3.8) is 0 Å². The highest BCUT2D eigenvalue weighted by atomic mass is 19.1. The summed E-state index contributed by atoms with van der Waals surface area (Å²) in [4.78, 5) is 10.7. The van der Waals surface area contributed by atoms with Gasteiger partial charge in [0.1, 0.15) is 0 Å². The van der Waals surface area contributed by atoms with Crippen LogP contribution < -0.4 is 0 Å². The number of rotatable bonds is 3. The molecule has 4 heteroatoms. The van der Waals surface area contributed by atoms with Gasteiger partial charge >= 0.3 is 5.97 Å². The van der Waals surface area contributed by atoms with E-state index in [0.29, 0.717) is 5.56 Å². The third kappa shape index (κ3) is 1.75. The van der Waals surface area contributed by atoms with Gasteiger partial charge in [-0.25, -0.2) is 4.39 Å². The number of halogens is 1. The van der Waals surface area contributed by atoms with Crippen LogP contribution in [-0.2, 0) is 10.2 Å². The highest BCUT2D eigenvalue weighted by Gasteiger charge is 2.46. The maximum absolute atomic E-state index is 13.2. The molecule has 0 unspecified atom stereocenters. The molecule has 1 aromatic carbocycles. The molecule has 0 aromatic heterocycles. The second-order valence-corrected chi connectivity index (χ2v) is 4.48. The maximum atomic E-state index is 13.2. The number of aliphatic carboxylic acids is 1. The van der Waals surface area contributed by atoms with Crippen LogP contribution in [0, 0.1) is 12.7 Å². The Hall–Kier alpha value is -1.58. The summed E-state index contributed by atoms with van der Waals surface area (Å²) < 4.78 is 13.2. The molecule has 1 fully saturated rings. The SMILES string of the molecule is Cc1cc(C2(CC(=O)O)CC2)cc(O)c1F. The van der Waals surface area contributed by atoms with E-state index < -0.39 is 17.5 Å². The van der Waals surface area contributed by atoms with Gasteiger partial charge in [-0.1, -0.05) is 6.07 Å². The molecule has 2 N–H and O–H groups in total. The van der Waals surface area contributed by atoms with Crippen LogP contribution >= 0.6 is 0 Å². The van der Waals surface area contributed by atoms with Crippen molar-refractivity contribution < 1.29 is 19.4 Å². The Morgan fingerprint density at radius 1 is 1.50 bits per heavy atom. The summed E-state index contributed by atoms with van der Waals surface area (Å²) >= 11 is 0. The van der Waals surface area contributed by atoms with Crippen molar-refractivity contribution >= 4 is 5.97 Å². The molecule has 0 bridgehead atoms. The number of carbonyl (C=O) groups is 1. The largest absolute Gasteiger partial charge is 0.505 e. The van der Waals surface area contributed by atoms with Gasteiger partial charge in [0.05, 0.1) is 6.42 Å². The lowest BCUT2D eigenvalue weighted by molar-refractivity contribution is -0.137. The van der Waals surface area contributed by atoms with Crippen molar-refractivity contribution in [3.8, 4) is 5.75 Å². The van der Waals surface area contributed by atoms with E-state index in [-0.39, 0.29) is 11.8 Å². The first-order valence-corrected chi connectivity index (χ1v) is 5.16. The molecule has 1 aliphatic rings. The molecule has 0 atom stereocenters. The Labute approximate surface area is 92.5 Å². The Morgan fingerprint density at radius 3 is 2.56 bits per heavy atom. The number of benzene rings is 1. The topological polar surface area (TPSA) is 57.5 Å². The fourth-order valence-corrected chi connectivity index (χ4v) is 2.07. The summed E-state index contributed by atoms with van der Waals surface area (Å²) in [5.41, 5.74) is 0.694. The zero-order chi connectivity index (χ0) is 11.9. The molecule has 0 amide bonds. The Kier molecular flexibility index (Phi) is 2.37. The fraction of sp³-hybridized carbons (Fsp3) is 0.417. The molecule has 2 rings (SSSR count). The minimum absolute atomic E-state index is 0.0392. The van der Waals surface area contributed by atoms with Gasteiger partial charge in [0.25, 0.3) is 0 Å². The van der Waals surface area contributed by atoms with Crippen LogP contribution in [0.1, 0.15) is 30.4 Å². The molecule has 16 heavy (non-hydrogen) atoms. The number of hydrogen-bond acceptors (Lipinski definition) is 2. The van der Waals surface area contributed by atoms with Crippen LogP contribution in [0.5, 0.6) is 5.75 Å². The Bertz CT molecular complexity index is 427. The molecule has 0 heterocycles. The summed E-state index contributed by atoms with van der Waals surface area (Å²) in [7, 11) is 0. The number of carboxylic acids is 1. The number of phenolic OH excluding ortho intramolecular Hbond substituents is 1. The third-order valence-electron chi connectivity index (χ3n) is 3.19. The molecule has 1 aliphatic carbocycles. The van der Waals surface area contributed by atoms with Gasteiger partial charge < -0.3 is 10.2 Å². The number of aryl methyl sites for hydroxylation is 1. The second kappa shape index (κ2) is 3.47. The highest BCUT2D eigenvalue weighted by Crippen LogP contribution is 2.52. The number of carboxylic acid groups (broad SMARTS) is 1. The van der Waals surface area contributed by atoms with Gasteiger partial charge in [0.2, 0.25) is 0 Å². The molecular weight excluding hydrogens is 211 g/mol. The minimum Gasteiger partial charge on any atom is -0.505 e. The second-order valence-electron chi connectivity index (χ2n) is 4.48. The molecule has 0 saturated heterocycles. The summed E-state index contributed by atoms with van der Waals surface area (Å²) in [6.07, 6.45) is 1.60. The third-order valence-corrected chi connectivity index (χ3v) is 3.19. The van der Waals surface area contributed by atoms with Crippen LogP contribution in [0.4, 0.5) is 4.39 Å². The molecule has 86 valence electrons. The Morgan fingerprint density at radius 2 is 2.12 bits per heavy atom. The molecule has 0 aliphatic heterocycles. The number of hydrogen-bond donors (Lipinski definition) is 2. The van der Waals surface area contributed by atoms with Gasteiger partial charge in [-0.05, 0) is 37.0 Å².